The van der Waals surface area contributed by atoms with Crippen molar-refractivity contribution in [2.75, 3.05) is 26.4 Å². The first-order chi connectivity index (χ1) is 9.74. The van der Waals surface area contributed by atoms with E-state index in [0.717, 1.165) is 51.0 Å². The van der Waals surface area contributed by atoms with E-state index >= 15 is 0 Å². The third-order valence-corrected chi connectivity index (χ3v) is 5.44. The van der Waals surface area contributed by atoms with Gasteiger partial charge in [0, 0.05) is 25.9 Å². The fraction of sp³-hybridized carbons (Fsp3) is 1.00. The summed E-state index contributed by atoms with van der Waals surface area (Å²) < 4.78 is 11.7. The first-order valence-electron chi connectivity index (χ1n) is 8.69. The van der Waals surface area contributed by atoms with Gasteiger partial charge in [-0.15, -0.1) is 0 Å². The maximum absolute atomic E-state index is 6.20. The zero-order chi connectivity index (χ0) is 14.4. The topological polar surface area (TPSA) is 30.5 Å². The van der Waals surface area contributed by atoms with Gasteiger partial charge >= 0.3 is 0 Å². The molecule has 2 aliphatic rings. The summed E-state index contributed by atoms with van der Waals surface area (Å²) in [5, 5.41) is 3.79. The molecule has 0 aromatic rings. The molecule has 2 aliphatic heterocycles. The van der Waals surface area contributed by atoms with Gasteiger partial charge in [-0.3, -0.25) is 0 Å². The molecule has 3 heteroatoms. The van der Waals surface area contributed by atoms with Crippen LogP contribution < -0.4 is 5.32 Å². The molecule has 0 bridgehead atoms. The normalized spacial score (nSPS) is 27.9. The van der Waals surface area contributed by atoms with Crippen LogP contribution in [-0.2, 0) is 9.47 Å². The van der Waals surface area contributed by atoms with Gasteiger partial charge in [-0.05, 0) is 44.1 Å². The fourth-order valence-corrected chi connectivity index (χ4v) is 4.21. The minimum absolute atomic E-state index is 0.126. The largest absolute Gasteiger partial charge is 0.381 e. The molecule has 0 radical (unpaired) electrons. The van der Waals surface area contributed by atoms with Crippen LogP contribution in [0, 0.1) is 11.8 Å². The monoisotopic (exact) mass is 283 g/mol. The van der Waals surface area contributed by atoms with Crippen molar-refractivity contribution in [3.05, 3.63) is 0 Å². The van der Waals surface area contributed by atoms with Crippen LogP contribution in [0.2, 0.25) is 0 Å². The average Bonchev–Trinajstić information content (AvgIpc) is 2.48. The lowest BCUT2D eigenvalue weighted by Gasteiger charge is -2.46. The molecule has 118 valence electrons. The fourth-order valence-electron chi connectivity index (χ4n) is 4.21. The maximum Gasteiger partial charge on any atom is 0.0729 e. The molecule has 2 rings (SSSR count). The lowest BCUT2D eigenvalue weighted by Crippen LogP contribution is -2.51. The molecule has 2 saturated heterocycles. The standard InChI is InChI=1S/C17H33NO2/c1-4-14(5-2)16(18-6-3)15-7-10-20-17(13-15)8-11-19-12-9-17/h14-16,18H,4-13H2,1-3H3. The quantitative estimate of drug-likeness (QED) is 0.810. The minimum Gasteiger partial charge on any atom is -0.381 e. The van der Waals surface area contributed by atoms with Crippen molar-refractivity contribution < 1.29 is 9.47 Å². The van der Waals surface area contributed by atoms with Crippen LogP contribution in [0.25, 0.3) is 0 Å². The molecule has 0 aliphatic carbocycles. The highest BCUT2D eigenvalue weighted by atomic mass is 16.5. The lowest BCUT2D eigenvalue weighted by atomic mass is 9.73. The molecule has 1 N–H and O–H groups in total. The van der Waals surface area contributed by atoms with E-state index in [2.05, 4.69) is 26.1 Å². The van der Waals surface area contributed by atoms with Gasteiger partial charge in [-0.2, -0.15) is 0 Å². The third-order valence-electron chi connectivity index (χ3n) is 5.44. The van der Waals surface area contributed by atoms with Crippen molar-refractivity contribution in [3.8, 4) is 0 Å². The highest BCUT2D eigenvalue weighted by Gasteiger charge is 2.42. The van der Waals surface area contributed by atoms with Crippen LogP contribution in [0.5, 0.6) is 0 Å². The minimum atomic E-state index is 0.126. The Morgan fingerprint density at radius 3 is 2.40 bits per heavy atom. The Hall–Kier alpha value is -0.120. The van der Waals surface area contributed by atoms with E-state index in [4.69, 9.17) is 9.47 Å². The van der Waals surface area contributed by atoms with E-state index in [-0.39, 0.29) is 5.60 Å². The number of ether oxygens (including phenoxy) is 2. The summed E-state index contributed by atoms with van der Waals surface area (Å²) in [6.45, 7) is 10.7. The average molecular weight is 283 g/mol. The molecule has 1 spiro atoms. The van der Waals surface area contributed by atoms with Crippen molar-refractivity contribution in [2.24, 2.45) is 11.8 Å². The predicted octanol–water partition coefficient (Wildman–Crippen LogP) is 3.38. The van der Waals surface area contributed by atoms with Crippen LogP contribution in [0.4, 0.5) is 0 Å². The van der Waals surface area contributed by atoms with Gasteiger partial charge in [-0.25, -0.2) is 0 Å². The Bertz CT molecular complexity index is 267. The summed E-state index contributed by atoms with van der Waals surface area (Å²) in [6.07, 6.45) is 7.18. The molecule has 3 nitrogen and oxygen atoms in total. The second-order valence-corrected chi connectivity index (χ2v) is 6.56. The predicted molar refractivity (Wildman–Crippen MR) is 83.0 cm³/mol. The van der Waals surface area contributed by atoms with Crippen LogP contribution in [0.1, 0.15) is 59.3 Å². The number of nitrogens with one attached hydrogen (secondary N) is 1. The van der Waals surface area contributed by atoms with Gasteiger partial charge in [0.05, 0.1) is 5.60 Å². The Balaban J connectivity index is 2.04. The first kappa shape index (κ1) is 16.3. The van der Waals surface area contributed by atoms with E-state index in [1.807, 2.05) is 0 Å². The Morgan fingerprint density at radius 1 is 1.10 bits per heavy atom. The van der Waals surface area contributed by atoms with E-state index in [1.165, 1.54) is 25.7 Å². The molecular formula is C17H33NO2. The smallest absolute Gasteiger partial charge is 0.0729 e. The van der Waals surface area contributed by atoms with Crippen molar-refractivity contribution >= 4 is 0 Å². The summed E-state index contributed by atoms with van der Waals surface area (Å²) in [5.74, 6) is 1.57. The number of hydrogen-bond donors (Lipinski definition) is 1. The Morgan fingerprint density at radius 2 is 1.80 bits per heavy atom. The van der Waals surface area contributed by atoms with Crippen LogP contribution >= 0.6 is 0 Å². The van der Waals surface area contributed by atoms with Crippen LogP contribution in [-0.4, -0.2) is 38.0 Å². The zero-order valence-corrected chi connectivity index (χ0v) is 13.6. The summed E-state index contributed by atoms with van der Waals surface area (Å²) in [7, 11) is 0. The van der Waals surface area contributed by atoms with Gasteiger partial charge in [0.2, 0.25) is 0 Å². The van der Waals surface area contributed by atoms with Gasteiger partial charge in [0.15, 0.2) is 0 Å². The summed E-state index contributed by atoms with van der Waals surface area (Å²) in [6, 6.07) is 0.665. The molecule has 0 amide bonds. The van der Waals surface area contributed by atoms with Gasteiger partial charge in [0.25, 0.3) is 0 Å². The van der Waals surface area contributed by atoms with Gasteiger partial charge in [0.1, 0.15) is 0 Å². The Labute approximate surface area is 124 Å². The molecular weight excluding hydrogens is 250 g/mol. The summed E-state index contributed by atoms with van der Waals surface area (Å²) in [5.41, 5.74) is 0.126. The summed E-state index contributed by atoms with van der Waals surface area (Å²) >= 11 is 0. The SMILES string of the molecule is CCNC(C(CC)CC)C1CCOC2(CCOCC2)C1. The van der Waals surface area contributed by atoms with Crippen molar-refractivity contribution in [1.82, 2.24) is 5.32 Å². The number of hydrogen-bond acceptors (Lipinski definition) is 3. The second kappa shape index (κ2) is 7.77. The van der Waals surface area contributed by atoms with E-state index < -0.39 is 0 Å². The molecule has 2 heterocycles. The van der Waals surface area contributed by atoms with Crippen molar-refractivity contribution in [1.29, 1.82) is 0 Å². The van der Waals surface area contributed by atoms with Gasteiger partial charge in [-0.1, -0.05) is 33.6 Å². The zero-order valence-electron chi connectivity index (χ0n) is 13.6. The third kappa shape index (κ3) is 3.75. The lowest BCUT2D eigenvalue weighted by molar-refractivity contribution is -0.152. The highest BCUT2D eigenvalue weighted by molar-refractivity contribution is 4.94. The van der Waals surface area contributed by atoms with E-state index in [1.54, 1.807) is 0 Å². The van der Waals surface area contributed by atoms with E-state index in [0.29, 0.717) is 6.04 Å². The molecule has 2 fully saturated rings. The molecule has 2 atom stereocenters. The van der Waals surface area contributed by atoms with Crippen LogP contribution in [0.15, 0.2) is 0 Å². The summed E-state index contributed by atoms with van der Waals surface area (Å²) in [4.78, 5) is 0. The van der Waals surface area contributed by atoms with Crippen molar-refractivity contribution in [2.45, 2.75) is 70.9 Å². The highest BCUT2D eigenvalue weighted by Crippen LogP contribution is 2.40. The van der Waals surface area contributed by atoms with Crippen molar-refractivity contribution in [3.63, 3.8) is 0 Å². The van der Waals surface area contributed by atoms with Gasteiger partial charge < -0.3 is 14.8 Å². The first-order valence-corrected chi connectivity index (χ1v) is 8.69. The maximum atomic E-state index is 6.20. The molecule has 0 aromatic heterocycles. The molecule has 0 aromatic carbocycles. The molecule has 0 saturated carbocycles. The second-order valence-electron chi connectivity index (χ2n) is 6.56. The van der Waals surface area contributed by atoms with E-state index in [9.17, 15) is 0 Å². The Kier molecular flexibility index (Phi) is 6.31. The number of rotatable bonds is 6. The molecule has 2 unspecified atom stereocenters. The molecule has 20 heavy (non-hydrogen) atoms. The van der Waals surface area contributed by atoms with Crippen LogP contribution in [0.3, 0.4) is 0 Å².